The molecule has 0 amide bonds. The highest BCUT2D eigenvalue weighted by Crippen LogP contribution is 2.28. The van der Waals surface area contributed by atoms with Crippen molar-refractivity contribution in [3.63, 3.8) is 0 Å². The van der Waals surface area contributed by atoms with E-state index in [2.05, 4.69) is 26.1 Å². The molecule has 2 aliphatic rings. The molecular weight excluding hydrogens is 186 g/mol. The summed E-state index contributed by atoms with van der Waals surface area (Å²) in [7, 11) is 0. The minimum atomic E-state index is 0.0835. The van der Waals surface area contributed by atoms with Gasteiger partial charge in [0.15, 0.2) is 0 Å². The summed E-state index contributed by atoms with van der Waals surface area (Å²) < 4.78 is 5.74. The third-order valence-corrected chi connectivity index (χ3v) is 3.86. The molecule has 0 radical (unpaired) electrons. The minimum absolute atomic E-state index is 0.0835. The van der Waals surface area contributed by atoms with Gasteiger partial charge in [0.25, 0.3) is 0 Å². The second-order valence-corrected chi connectivity index (χ2v) is 6.08. The molecule has 0 aromatic rings. The summed E-state index contributed by atoms with van der Waals surface area (Å²) in [5, 5.41) is 3.82. The van der Waals surface area contributed by atoms with Crippen LogP contribution in [-0.4, -0.2) is 24.3 Å². The summed E-state index contributed by atoms with van der Waals surface area (Å²) in [6, 6.07) is 1.46. The molecule has 3 atom stereocenters. The van der Waals surface area contributed by atoms with E-state index in [4.69, 9.17) is 4.74 Å². The summed E-state index contributed by atoms with van der Waals surface area (Å²) >= 11 is 0. The molecule has 0 bridgehead atoms. The Hall–Kier alpha value is -0.0800. The fourth-order valence-electron chi connectivity index (χ4n) is 3.07. The molecule has 2 heteroatoms. The van der Waals surface area contributed by atoms with Gasteiger partial charge in [-0.3, -0.25) is 0 Å². The fourth-order valence-corrected chi connectivity index (χ4v) is 3.07. The van der Waals surface area contributed by atoms with Gasteiger partial charge in [-0.15, -0.1) is 0 Å². The van der Waals surface area contributed by atoms with Crippen LogP contribution in [0, 0.1) is 5.92 Å². The van der Waals surface area contributed by atoms with Gasteiger partial charge in [-0.1, -0.05) is 6.92 Å². The predicted octanol–water partition coefficient (Wildman–Crippen LogP) is 2.72. The Morgan fingerprint density at radius 3 is 2.53 bits per heavy atom. The fraction of sp³-hybridized carbons (Fsp3) is 1.00. The number of hydrogen-bond donors (Lipinski definition) is 1. The zero-order valence-corrected chi connectivity index (χ0v) is 10.4. The Balaban J connectivity index is 1.79. The number of hydrogen-bond acceptors (Lipinski definition) is 2. The summed E-state index contributed by atoms with van der Waals surface area (Å²) in [5.74, 6) is 0.926. The average Bonchev–Trinajstić information content (AvgIpc) is 2.49. The second-order valence-electron chi connectivity index (χ2n) is 6.08. The Bertz CT molecular complexity index is 215. The lowest BCUT2D eigenvalue weighted by Crippen LogP contribution is -2.46. The monoisotopic (exact) mass is 211 g/mol. The summed E-state index contributed by atoms with van der Waals surface area (Å²) in [6.07, 6.45) is 6.51. The van der Waals surface area contributed by atoms with Crippen molar-refractivity contribution in [1.82, 2.24) is 5.32 Å². The van der Waals surface area contributed by atoms with Gasteiger partial charge < -0.3 is 10.1 Å². The van der Waals surface area contributed by atoms with Crippen molar-refractivity contribution in [3.05, 3.63) is 0 Å². The Kier molecular flexibility index (Phi) is 3.36. The van der Waals surface area contributed by atoms with Crippen LogP contribution in [0.3, 0.4) is 0 Å². The maximum atomic E-state index is 5.74. The molecule has 3 unspecified atom stereocenters. The van der Waals surface area contributed by atoms with Gasteiger partial charge >= 0.3 is 0 Å². The molecule has 2 fully saturated rings. The standard InChI is InChI=1S/C13H25NO/c1-10-4-5-11(8-10)14-12-6-7-15-13(2,3)9-12/h10-12,14H,4-9H2,1-3H3. The van der Waals surface area contributed by atoms with Crippen LogP contribution in [0.4, 0.5) is 0 Å². The highest BCUT2D eigenvalue weighted by molar-refractivity contribution is 4.87. The first-order valence-electron chi connectivity index (χ1n) is 6.45. The van der Waals surface area contributed by atoms with Gasteiger partial charge in [0.2, 0.25) is 0 Å². The average molecular weight is 211 g/mol. The zero-order valence-electron chi connectivity index (χ0n) is 10.4. The van der Waals surface area contributed by atoms with Crippen molar-refractivity contribution >= 4 is 0 Å². The maximum absolute atomic E-state index is 5.74. The second kappa shape index (κ2) is 4.42. The van der Waals surface area contributed by atoms with Crippen LogP contribution >= 0.6 is 0 Å². The maximum Gasteiger partial charge on any atom is 0.0641 e. The molecule has 1 saturated carbocycles. The molecule has 1 saturated heterocycles. The first-order chi connectivity index (χ1) is 7.05. The number of ether oxygens (including phenoxy) is 1. The van der Waals surface area contributed by atoms with Gasteiger partial charge in [0.05, 0.1) is 5.60 Å². The lowest BCUT2D eigenvalue weighted by atomic mass is 9.93. The first kappa shape index (κ1) is 11.4. The van der Waals surface area contributed by atoms with Crippen LogP contribution in [0.2, 0.25) is 0 Å². The van der Waals surface area contributed by atoms with E-state index >= 15 is 0 Å². The molecule has 1 N–H and O–H groups in total. The minimum Gasteiger partial charge on any atom is -0.375 e. The molecule has 0 aromatic heterocycles. The molecule has 1 aliphatic heterocycles. The molecule has 1 aliphatic carbocycles. The van der Waals surface area contributed by atoms with E-state index in [1.807, 2.05) is 0 Å². The molecule has 88 valence electrons. The Labute approximate surface area is 93.8 Å². The van der Waals surface area contributed by atoms with E-state index in [9.17, 15) is 0 Å². The van der Waals surface area contributed by atoms with E-state index in [0.717, 1.165) is 25.0 Å². The van der Waals surface area contributed by atoms with Crippen molar-refractivity contribution in [2.45, 2.75) is 70.6 Å². The lowest BCUT2D eigenvalue weighted by Gasteiger charge is -2.37. The largest absolute Gasteiger partial charge is 0.375 e. The van der Waals surface area contributed by atoms with Crippen molar-refractivity contribution in [1.29, 1.82) is 0 Å². The van der Waals surface area contributed by atoms with Gasteiger partial charge in [-0.2, -0.15) is 0 Å². The molecule has 15 heavy (non-hydrogen) atoms. The van der Waals surface area contributed by atoms with Crippen molar-refractivity contribution < 1.29 is 4.74 Å². The topological polar surface area (TPSA) is 21.3 Å². The van der Waals surface area contributed by atoms with Gasteiger partial charge in [-0.25, -0.2) is 0 Å². The molecule has 0 aromatic carbocycles. The van der Waals surface area contributed by atoms with Gasteiger partial charge in [-0.05, 0) is 51.9 Å². The predicted molar refractivity (Wildman–Crippen MR) is 63.0 cm³/mol. The molecule has 0 spiro atoms. The van der Waals surface area contributed by atoms with Gasteiger partial charge in [0, 0.05) is 18.7 Å². The molecule has 2 rings (SSSR count). The van der Waals surface area contributed by atoms with Crippen molar-refractivity contribution in [3.8, 4) is 0 Å². The summed E-state index contributed by atoms with van der Waals surface area (Å²) in [6.45, 7) is 7.71. The zero-order chi connectivity index (χ0) is 10.9. The van der Waals surface area contributed by atoms with E-state index in [1.165, 1.54) is 25.7 Å². The number of nitrogens with one attached hydrogen (secondary N) is 1. The molecule has 2 nitrogen and oxygen atoms in total. The normalized spacial score (nSPS) is 40.6. The van der Waals surface area contributed by atoms with Crippen molar-refractivity contribution in [2.24, 2.45) is 5.92 Å². The lowest BCUT2D eigenvalue weighted by molar-refractivity contribution is -0.0641. The van der Waals surface area contributed by atoms with Crippen molar-refractivity contribution in [2.75, 3.05) is 6.61 Å². The first-order valence-corrected chi connectivity index (χ1v) is 6.45. The van der Waals surface area contributed by atoms with Crippen LogP contribution in [-0.2, 0) is 4.74 Å². The smallest absolute Gasteiger partial charge is 0.0641 e. The van der Waals surface area contributed by atoms with Gasteiger partial charge in [0.1, 0.15) is 0 Å². The van der Waals surface area contributed by atoms with E-state index in [-0.39, 0.29) is 5.60 Å². The quantitative estimate of drug-likeness (QED) is 0.758. The van der Waals surface area contributed by atoms with E-state index in [0.29, 0.717) is 6.04 Å². The van der Waals surface area contributed by atoms with Crippen LogP contribution < -0.4 is 5.32 Å². The Morgan fingerprint density at radius 1 is 1.13 bits per heavy atom. The highest BCUT2D eigenvalue weighted by Gasteiger charge is 2.31. The van der Waals surface area contributed by atoms with Crippen LogP contribution in [0.15, 0.2) is 0 Å². The van der Waals surface area contributed by atoms with Crippen LogP contribution in [0.1, 0.15) is 52.9 Å². The van der Waals surface area contributed by atoms with Crippen LogP contribution in [0.5, 0.6) is 0 Å². The van der Waals surface area contributed by atoms with E-state index in [1.54, 1.807) is 0 Å². The molecular formula is C13H25NO. The highest BCUT2D eigenvalue weighted by atomic mass is 16.5. The van der Waals surface area contributed by atoms with Crippen LogP contribution in [0.25, 0.3) is 0 Å². The molecule has 1 heterocycles. The SMILES string of the molecule is CC1CCC(NC2CCOC(C)(C)C2)C1. The third-order valence-electron chi connectivity index (χ3n) is 3.86. The number of rotatable bonds is 2. The Morgan fingerprint density at radius 2 is 1.93 bits per heavy atom. The summed E-state index contributed by atoms with van der Waals surface area (Å²) in [4.78, 5) is 0. The van der Waals surface area contributed by atoms with E-state index < -0.39 is 0 Å². The third kappa shape index (κ3) is 3.18. The summed E-state index contributed by atoms with van der Waals surface area (Å²) in [5.41, 5.74) is 0.0835.